The van der Waals surface area contributed by atoms with Crippen LogP contribution < -0.4 is 15.0 Å². The molecular formula is C30H24N2O6. The van der Waals surface area contributed by atoms with Gasteiger partial charge in [-0.3, -0.25) is 14.4 Å². The number of fused-ring (bicyclic) bond motifs is 5. The van der Waals surface area contributed by atoms with Crippen LogP contribution in [0.5, 0.6) is 11.5 Å². The highest BCUT2D eigenvalue weighted by atomic mass is 16.5. The van der Waals surface area contributed by atoms with E-state index in [2.05, 4.69) is 5.32 Å². The number of carbonyl (C=O) groups excluding carboxylic acids is 4. The number of carbonyl (C=O) groups is 4. The Labute approximate surface area is 218 Å². The van der Waals surface area contributed by atoms with Gasteiger partial charge in [0.05, 0.1) is 23.1 Å². The zero-order chi connectivity index (χ0) is 26.2. The van der Waals surface area contributed by atoms with E-state index in [-0.39, 0.29) is 41.0 Å². The third kappa shape index (κ3) is 4.34. The van der Waals surface area contributed by atoms with Crippen molar-refractivity contribution in [3.63, 3.8) is 0 Å². The monoisotopic (exact) mass is 508 g/mol. The second kappa shape index (κ2) is 9.63. The minimum atomic E-state index is -0.727. The maximum atomic E-state index is 13.1. The van der Waals surface area contributed by atoms with E-state index in [0.29, 0.717) is 22.9 Å². The molecule has 0 unspecified atom stereocenters. The van der Waals surface area contributed by atoms with Crippen LogP contribution in [0.2, 0.25) is 0 Å². The number of ether oxygens (including phenoxy) is 2. The minimum Gasteiger partial charge on any atom is -0.457 e. The first-order valence-corrected chi connectivity index (χ1v) is 12.4. The number of anilines is 2. The SMILES string of the molecule is O=C(COC(=O)c1cccc(N2C(=O)[C@@H]3[C@H](C2=O)[C@H]2C=C[C@H]3C2)c1)Nc1ccc(Oc2ccccc2)cc1. The maximum absolute atomic E-state index is 13.1. The van der Waals surface area contributed by atoms with E-state index in [0.717, 1.165) is 6.42 Å². The summed E-state index contributed by atoms with van der Waals surface area (Å²) in [5, 5.41) is 2.67. The Morgan fingerprint density at radius 1 is 0.816 bits per heavy atom. The van der Waals surface area contributed by atoms with Crippen LogP contribution in [0.1, 0.15) is 16.8 Å². The van der Waals surface area contributed by atoms with E-state index in [1.54, 1.807) is 36.4 Å². The van der Waals surface area contributed by atoms with Crippen molar-refractivity contribution < 1.29 is 28.7 Å². The Morgan fingerprint density at radius 3 is 2.16 bits per heavy atom. The molecule has 0 aromatic heterocycles. The summed E-state index contributed by atoms with van der Waals surface area (Å²) < 4.78 is 10.9. The largest absolute Gasteiger partial charge is 0.457 e. The number of rotatable bonds is 7. The molecule has 1 saturated carbocycles. The van der Waals surface area contributed by atoms with Gasteiger partial charge in [0.2, 0.25) is 11.8 Å². The Hall–Kier alpha value is -4.72. The van der Waals surface area contributed by atoms with Gasteiger partial charge in [0.15, 0.2) is 6.61 Å². The summed E-state index contributed by atoms with van der Waals surface area (Å²) in [5.74, 6) is -0.804. The van der Waals surface area contributed by atoms with Gasteiger partial charge >= 0.3 is 5.97 Å². The first kappa shape index (κ1) is 23.7. The second-order valence-electron chi connectivity index (χ2n) is 9.63. The van der Waals surface area contributed by atoms with E-state index in [9.17, 15) is 19.2 Å². The molecule has 2 bridgehead atoms. The fraction of sp³-hybridized carbons (Fsp3) is 0.200. The fourth-order valence-corrected chi connectivity index (χ4v) is 5.57. The zero-order valence-electron chi connectivity index (χ0n) is 20.3. The van der Waals surface area contributed by atoms with Crippen LogP contribution in [0.4, 0.5) is 11.4 Å². The van der Waals surface area contributed by atoms with Crippen LogP contribution in [0.3, 0.4) is 0 Å². The molecule has 8 heteroatoms. The highest BCUT2D eigenvalue weighted by Gasteiger charge is 2.59. The molecule has 8 nitrogen and oxygen atoms in total. The molecule has 4 atom stereocenters. The van der Waals surface area contributed by atoms with Gasteiger partial charge in [-0.2, -0.15) is 0 Å². The number of hydrogen-bond donors (Lipinski definition) is 1. The van der Waals surface area contributed by atoms with Crippen molar-refractivity contribution in [3.8, 4) is 11.5 Å². The molecule has 6 rings (SSSR count). The van der Waals surface area contributed by atoms with Gasteiger partial charge in [0.25, 0.3) is 5.91 Å². The topological polar surface area (TPSA) is 102 Å². The van der Waals surface area contributed by atoms with Crippen LogP contribution in [-0.2, 0) is 19.1 Å². The zero-order valence-corrected chi connectivity index (χ0v) is 20.3. The molecule has 2 aliphatic carbocycles. The normalized spacial score (nSPS) is 22.9. The molecule has 1 heterocycles. The number of nitrogens with one attached hydrogen (secondary N) is 1. The van der Waals surface area contributed by atoms with Gasteiger partial charge in [0, 0.05) is 5.69 Å². The Balaban J connectivity index is 1.05. The number of allylic oxidation sites excluding steroid dienone is 2. The standard InChI is InChI=1S/C30H24N2O6/c33-25(31-21-11-13-24(14-12-21)38-23-7-2-1-3-8-23)17-37-30(36)20-5-4-6-22(16-20)32-28(34)26-18-9-10-19(15-18)27(26)29(32)35/h1-14,16,18-19,26-27H,15,17H2,(H,31,33)/t18-,19-,26-,27+/m0/s1. The van der Waals surface area contributed by atoms with E-state index in [4.69, 9.17) is 9.47 Å². The van der Waals surface area contributed by atoms with Crippen LogP contribution >= 0.6 is 0 Å². The lowest BCUT2D eigenvalue weighted by molar-refractivity contribution is -0.123. The molecule has 0 spiro atoms. The van der Waals surface area contributed by atoms with Gasteiger partial charge in [-0.15, -0.1) is 0 Å². The lowest BCUT2D eigenvalue weighted by Gasteiger charge is -2.18. The van der Waals surface area contributed by atoms with E-state index >= 15 is 0 Å². The smallest absolute Gasteiger partial charge is 0.338 e. The molecule has 3 aromatic rings. The maximum Gasteiger partial charge on any atom is 0.338 e. The molecule has 38 heavy (non-hydrogen) atoms. The first-order chi connectivity index (χ1) is 18.5. The van der Waals surface area contributed by atoms with Gasteiger partial charge < -0.3 is 14.8 Å². The highest BCUT2D eigenvalue weighted by Crippen LogP contribution is 2.53. The first-order valence-electron chi connectivity index (χ1n) is 12.4. The highest BCUT2D eigenvalue weighted by molar-refractivity contribution is 6.23. The van der Waals surface area contributed by atoms with Gasteiger partial charge in [0.1, 0.15) is 11.5 Å². The molecule has 0 radical (unpaired) electrons. The van der Waals surface area contributed by atoms with E-state index < -0.39 is 18.5 Å². The van der Waals surface area contributed by atoms with E-state index in [1.165, 1.54) is 17.0 Å². The Kier molecular flexibility index (Phi) is 5.99. The van der Waals surface area contributed by atoms with Crippen molar-refractivity contribution in [1.82, 2.24) is 0 Å². The second-order valence-corrected chi connectivity index (χ2v) is 9.63. The van der Waals surface area contributed by atoms with Crippen LogP contribution in [-0.4, -0.2) is 30.3 Å². The molecular weight excluding hydrogens is 484 g/mol. The molecule has 3 aromatic carbocycles. The van der Waals surface area contributed by atoms with Crippen molar-refractivity contribution in [2.75, 3.05) is 16.8 Å². The average molecular weight is 509 g/mol. The summed E-state index contributed by atoms with van der Waals surface area (Å²) in [6.45, 7) is -0.494. The van der Waals surface area contributed by atoms with Gasteiger partial charge in [-0.25, -0.2) is 9.69 Å². The number of imide groups is 1. The summed E-state index contributed by atoms with van der Waals surface area (Å²) in [5.41, 5.74) is 1.01. The molecule has 190 valence electrons. The predicted octanol–water partition coefficient (Wildman–Crippen LogP) is 4.59. The van der Waals surface area contributed by atoms with Crippen molar-refractivity contribution >= 4 is 35.1 Å². The van der Waals surface area contributed by atoms with Crippen molar-refractivity contribution in [2.45, 2.75) is 6.42 Å². The Bertz CT molecular complexity index is 1420. The predicted molar refractivity (Wildman–Crippen MR) is 139 cm³/mol. The minimum absolute atomic E-state index is 0.103. The average Bonchev–Trinajstić information content (AvgIpc) is 3.62. The van der Waals surface area contributed by atoms with Gasteiger partial charge in [-0.05, 0) is 72.9 Å². The summed E-state index contributed by atoms with van der Waals surface area (Å²) in [4.78, 5) is 52.3. The number of para-hydroxylation sites is 1. The summed E-state index contributed by atoms with van der Waals surface area (Å²) >= 11 is 0. The number of esters is 1. The molecule has 2 fully saturated rings. The summed E-state index contributed by atoms with van der Waals surface area (Å²) in [6.07, 6.45) is 4.92. The lowest BCUT2D eigenvalue weighted by Crippen LogP contribution is -2.33. The van der Waals surface area contributed by atoms with Crippen LogP contribution in [0.15, 0.2) is 91.0 Å². The summed E-state index contributed by atoms with van der Waals surface area (Å²) in [7, 11) is 0. The molecule has 1 N–H and O–H groups in total. The van der Waals surface area contributed by atoms with Crippen molar-refractivity contribution in [2.24, 2.45) is 23.7 Å². The number of amides is 3. The molecule has 1 aliphatic heterocycles. The molecule has 3 amide bonds. The number of benzene rings is 3. The summed E-state index contributed by atoms with van der Waals surface area (Å²) in [6, 6.07) is 22.3. The quantitative estimate of drug-likeness (QED) is 0.285. The number of hydrogen-bond acceptors (Lipinski definition) is 6. The third-order valence-corrected chi connectivity index (χ3v) is 7.26. The van der Waals surface area contributed by atoms with E-state index in [1.807, 2.05) is 42.5 Å². The van der Waals surface area contributed by atoms with Crippen molar-refractivity contribution in [3.05, 3.63) is 96.6 Å². The van der Waals surface area contributed by atoms with Gasteiger partial charge in [-0.1, -0.05) is 36.4 Å². The molecule has 3 aliphatic rings. The third-order valence-electron chi connectivity index (χ3n) is 7.26. The Morgan fingerprint density at radius 2 is 1.47 bits per heavy atom. The van der Waals surface area contributed by atoms with Crippen molar-refractivity contribution in [1.29, 1.82) is 0 Å². The van der Waals surface area contributed by atoms with Crippen LogP contribution in [0.25, 0.3) is 0 Å². The molecule has 1 saturated heterocycles. The fourth-order valence-electron chi connectivity index (χ4n) is 5.57. The lowest BCUT2D eigenvalue weighted by atomic mass is 9.85. The number of nitrogens with zero attached hydrogens (tertiary/aromatic N) is 1. The van der Waals surface area contributed by atoms with Crippen LogP contribution in [0, 0.1) is 23.7 Å².